The number of rotatable bonds is 5. The molecule has 1 heterocycles. The number of carboxylic acid groups (broad SMARTS) is 1. The molecule has 1 aliphatic rings. The molecule has 1 aromatic rings. The van der Waals surface area contributed by atoms with Crippen LogP contribution in [-0.2, 0) is 14.6 Å². The lowest BCUT2D eigenvalue weighted by Crippen LogP contribution is -2.36. The smallest absolute Gasteiger partial charge is 0.303 e. The van der Waals surface area contributed by atoms with Crippen LogP contribution in [0, 0.1) is 5.92 Å². The van der Waals surface area contributed by atoms with Crippen LogP contribution < -0.4 is 4.90 Å². The van der Waals surface area contributed by atoms with Gasteiger partial charge in [-0.2, -0.15) is 0 Å². The minimum atomic E-state index is -3.17. The molecule has 1 aliphatic heterocycles. The first-order valence-electron chi connectivity index (χ1n) is 7.22. The fourth-order valence-electron chi connectivity index (χ4n) is 2.74. The van der Waals surface area contributed by atoms with E-state index in [9.17, 15) is 13.2 Å². The van der Waals surface area contributed by atoms with E-state index in [1.54, 1.807) is 19.1 Å². The Bertz CT molecular complexity index is 595. The van der Waals surface area contributed by atoms with Gasteiger partial charge in [0.25, 0.3) is 0 Å². The lowest BCUT2D eigenvalue weighted by molar-refractivity contribution is -0.138. The van der Waals surface area contributed by atoms with Gasteiger partial charge in [-0.3, -0.25) is 4.79 Å². The van der Waals surface area contributed by atoms with Gasteiger partial charge in [-0.1, -0.05) is 6.92 Å². The molecule has 1 atom stereocenters. The summed E-state index contributed by atoms with van der Waals surface area (Å²) in [6.45, 7) is 3.23. The molecule has 1 fully saturated rings. The molecule has 0 bridgehead atoms. The average molecular weight is 311 g/mol. The quantitative estimate of drug-likeness (QED) is 0.902. The first kappa shape index (κ1) is 15.8. The summed E-state index contributed by atoms with van der Waals surface area (Å²) in [5.41, 5.74) is 0.958. The zero-order valence-electron chi connectivity index (χ0n) is 12.2. The van der Waals surface area contributed by atoms with Crippen molar-refractivity contribution in [1.29, 1.82) is 0 Å². The highest BCUT2D eigenvalue weighted by Crippen LogP contribution is 2.26. The summed E-state index contributed by atoms with van der Waals surface area (Å²) in [4.78, 5) is 13.3. The number of anilines is 1. The Labute approximate surface area is 125 Å². The van der Waals surface area contributed by atoms with Gasteiger partial charge in [-0.15, -0.1) is 0 Å². The highest BCUT2D eigenvalue weighted by molar-refractivity contribution is 7.91. The normalized spacial score (nSPS) is 19.5. The van der Waals surface area contributed by atoms with Crippen LogP contribution in [0.4, 0.5) is 5.69 Å². The van der Waals surface area contributed by atoms with Gasteiger partial charge < -0.3 is 10.0 Å². The minimum Gasteiger partial charge on any atom is -0.481 e. The molecule has 0 saturated carbocycles. The van der Waals surface area contributed by atoms with E-state index in [2.05, 4.69) is 4.90 Å². The van der Waals surface area contributed by atoms with Gasteiger partial charge in [-0.05, 0) is 43.0 Å². The van der Waals surface area contributed by atoms with Gasteiger partial charge >= 0.3 is 5.97 Å². The summed E-state index contributed by atoms with van der Waals surface area (Å²) >= 11 is 0. The van der Waals surface area contributed by atoms with E-state index in [0.29, 0.717) is 11.4 Å². The number of sulfone groups is 1. The van der Waals surface area contributed by atoms with Crippen molar-refractivity contribution >= 4 is 21.5 Å². The largest absolute Gasteiger partial charge is 0.481 e. The first-order chi connectivity index (χ1) is 9.92. The van der Waals surface area contributed by atoms with Crippen molar-refractivity contribution in [3.05, 3.63) is 24.3 Å². The summed E-state index contributed by atoms with van der Waals surface area (Å²) in [6, 6.07) is 6.89. The van der Waals surface area contributed by atoms with Crippen molar-refractivity contribution in [3.8, 4) is 0 Å². The molecule has 1 saturated heterocycles. The second kappa shape index (κ2) is 6.47. The van der Waals surface area contributed by atoms with Gasteiger partial charge in [0.2, 0.25) is 0 Å². The summed E-state index contributed by atoms with van der Waals surface area (Å²) in [5.74, 6) is -0.502. The van der Waals surface area contributed by atoms with E-state index >= 15 is 0 Å². The predicted molar refractivity (Wildman–Crippen MR) is 81.4 cm³/mol. The average Bonchev–Trinajstić information content (AvgIpc) is 2.47. The Hall–Kier alpha value is -1.56. The van der Waals surface area contributed by atoms with Crippen molar-refractivity contribution in [1.82, 2.24) is 0 Å². The zero-order chi connectivity index (χ0) is 15.5. The number of carbonyl (C=O) groups is 1. The van der Waals surface area contributed by atoms with E-state index in [1.807, 2.05) is 12.1 Å². The number of hydrogen-bond acceptors (Lipinski definition) is 4. The van der Waals surface area contributed by atoms with E-state index < -0.39 is 15.8 Å². The van der Waals surface area contributed by atoms with Crippen molar-refractivity contribution < 1.29 is 18.3 Å². The van der Waals surface area contributed by atoms with E-state index in [0.717, 1.165) is 25.1 Å². The Kier molecular flexibility index (Phi) is 4.88. The molecule has 0 aliphatic carbocycles. The molecule has 1 unspecified atom stereocenters. The van der Waals surface area contributed by atoms with Crippen LogP contribution in [0.25, 0.3) is 0 Å². The number of nitrogens with zero attached hydrogens (tertiary/aromatic N) is 1. The van der Waals surface area contributed by atoms with Crippen LogP contribution >= 0.6 is 0 Å². The lowest BCUT2D eigenvalue weighted by atomic mass is 9.94. The number of piperidine rings is 1. The Balaban J connectivity index is 2.10. The predicted octanol–water partition coefficient (Wildman–Crippen LogP) is 2.17. The summed E-state index contributed by atoms with van der Waals surface area (Å²) in [6.07, 6.45) is 2.09. The molecule has 0 spiro atoms. The SMILES string of the molecule is CCS(=O)(=O)c1ccc(N2CCCC(CC(=O)O)C2)cc1. The van der Waals surface area contributed by atoms with Crippen LogP contribution in [0.15, 0.2) is 29.2 Å². The van der Waals surface area contributed by atoms with Crippen molar-refractivity contribution in [2.24, 2.45) is 5.92 Å². The molecule has 5 nitrogen and oxygen atoms in total. The number of hydrogen-bond donors (Lipinski definition) is 1. The van der Waals surface area contributed by atoms with Crippen LogP contribution in [0.5, 0.6) is 0 Å². The monoisotopic (exact) mass is 311 g/mol. The highest BCUT2D eigenvalue weighted by atomic mass is 32.2. The molecule has 0 aromatic heterocycles. The number of benzene rings is 1. The van der Waals surface area contributed by atoms with E-state index in [-0.39, 0.29) is 18.1 Å². The summed E-state index contributed by atoms with van der Waals surface area (Å²) in [5, 5.41) is 8.89. The van der Waals surface area contributed by atoms with Gasteiger partial charge in [0, 0.05) is 25.2 Å². The molecule has 2 rings (SSSR count). The molecule has 21 heavy (non-hydrogen) atoms. The van der Waals surface area contributed by atoms with Crippen molar-refractivity contribution in [2.75, 3.05) is 23.7 Å². The van der Waals surface area contributed by atoms with Crippen LogP contribution in [0.1, 0.15) is 26.2 Å². The maximum Gasteiger partial charge on any atom is 0.303 e. The van der Waals surface area contributed by atoms with Gasteiger partial charge in [0.15, 0.2) is 9.84 Å². The third kappa shape index (κ3) is 3.97. The highest BCUT2D eigenvalue weighted by Gasteiger charge is 2.22. The standard InChI is InChI=1S/C15H21NO4S/c1-2-21(19,20)14-7-5-13(6-8-14)16-9-3-4-12(11-16)10-15(17)18/h5-8,12H,2-4,9-11H2,1H3,(H,17,18). The number of aliphatic carboxylic acids is 1. The fourth-order valence-corrected chi connectivity index (χ4v) is 3.63. The van der Waals surface area contributed by atoms with Crippen LogP contribution in [0.2, 0.25) is 0 Å². The van der Waals surface area contributed by atoms with E-state index in [4.69, 9.17) is 5.11 Å². The maximum atomic E-state index is 11.8. The van der Waals surface area contributed by atoms with Gasteiger partial charge in [0.05, 0.1) is 10.6 Å². The van der Waals surface area contributed by atoms with E-state index in [1.165, 1.54) is 0 Å². The Morgan fingerprint density at radius 1 is 1.33 bits per heavy atom. The topological polar surface area (TPSA) is 74.7 Å². The zero-order valence-corrected chi connectivity index (χ0v) is 13.0. The molecule has 116 valence electrons. The molecular formula is C15H21NO4S. The number of carboxylic acids is 1. The Morgan fingerprint density at radius 3 is 2.57 bits per heavy atom. The first-order valence-corrected chi connectivity index (χ1v) is 8.87. The van der Waals surface area contributed by atoms with Crippen molar-refractivity contribution in [3.63, 3.8) is 0 Å². The third-order valence-electron chi connectivity index (χ3n) is 3.92. The van der Waals surface area contributed by atoms with Gasteiger partial charge in [0.1, 0.15) is 0 Å². The molecule has 0 radical (unpaired) electrons. The second-order valence-electron chi connectivity index (χ2n) is 5.45. The lowest BCUT2D eigenvalue weighted by Gasteiger charge is -2.34. The second-order valence-corrected chi connectivity index (χ2v) is 7.73. The molecule has 1 aromatic carbocycles. The summed E-state index contributed by atoms with van der Waals surface area (Å²) in [7, 11) is -3.17. The van der Waals surface area contributed by atoms with Crippen LogP contribution in [-0.4, -0.2) is 38.3 Å². The molecular weight excluding hydrogens is 290 g/mol. The molecule has 6 heteroatoms. The summed E-state index contributed by atoms with van der Waals surface area (Å²) < 4.78 is 23.6. The Morgan fingerprint density at radius 2 is 2.00 bits per heavy atom. The van der Waals surface area contributed by atoms with Gasteiger partial charge in [-0.25, -0.2) is 8.42 Å². The van der Waals surface area contributed by atoms with Crippen molar-refractivity contribution in [2.45, 2.75) is 31.1 Å². The fraction of sp³-hybridized carbons (Fsp3) is 0.533. The molecule has 0 amide bonds. The van der Waals surface area contributed by atoms with Crippen LogP contribution in [0.3, 0.4) is 0 Å². The minimum absolute atomic E-state index is 0.0940. The maximum absolute atomic E-state index is 11.8. The molecule has 1 N–H and O–H groups in total. The third-order valence-corrected chi connectivity index (χ3v) is 5.67.